The Bertz CT molecular complexity index is 1930. The molecule has 39 nitrogen and oxygen atoms in total. The predicted octanol–water partition coefficient (Wildman–Crippen LogP) is 0.339. The maximum Gasteiger partial charge on any atom is 0.104 e. The van der Waals surface area contributed by atoms with Crippen molar-refractivity contribution in [2.24, 2.45) is 167 Å². The zero-order valence-corrected chi connectivity index (χ0v) is 85.8. The fourth-order valence-corrected chi connectivity index (χ4v) is 12.8. The molecule has 0 saturated heterocycles. The minimum Gasteiger partial charge on any atom is -0.377 e. The highest BCUT2D eigenvalue weighted by molar-refractivity contribution is 4.78. The standard InChI is InChI=1S/C18H42N4O5.2C14H34N4O5.C12H28N2.C9H22N2.C8H18N2.C6H14N2.2C6H16N2/c1-13(19)5-23-9-17(26-7-15(3)21)11-25-12-18(27-8-16(4)22)10-24-6-14(2)20;2*15-1-5-19-9-13(22-7-3-17)11-21-12-14(23-8-4-18)10-20-6-2-16;13-11-9-7-5-3-1-2-4-6-8-10-12-14;1-8(4-5-10)6-9(2,3)7-11;9-5-7-2-1-3-8(4-7)6-10;7-5-2-1-3-6(8)4-5;1-6(5-8)3-2-4-7;7-5-3-1-2-4-6-8/h13-18H,5-12,19-22H2,1-4H3;2*13-14H,1-12,15-18H2;1-14H2;8H,4-7,10-11H2,1-3H3;7-8H,1-6,9-10H2;5-6H,1-4,7-8H2;6H,2-5,7-8H2,1H3;1-8H2. The maximum atomic E-state index is 5.78. The molecule has 0 spiro atoms. The molecule has 39 heteroatoms. The van der Waals surface area contributed by atoms with Gasteiger partial charge in [0.1, 0.15) is 36.6 Å². The minimum atomic E-state index is -0.228. The molecule has 0 radical (unpaired) electrons. The number of nitrogens with two attached hydrogens (primary N) is 24. The van der Waals surface area contributed by atoms with E-state index in [-0.39, 0.29) is 66.2 Å². The van der Waals surface area contributed by atoms with Crippen molar-refractivity contribution in [3.05, 3.63) is 0 Å². The second kappa shape index (κ2) is 116. The third-order valence-corrected chi connectivity index (χ3v) is 20.1. The molecular weight excluding hydrogens is 1690 g/mol. The Morgan fingerprint density at radius 1 is 0.250 bits per heavy atom. The number of rotatable bonds is 81. The Morgan fingerprint density at radius 3 is 0.720 bits per heavy atom. The van der Waals surface area contributed by atoms with Crippen molar-refractivity contribution in [2.75, 3.05) is 276 Å². The molecule has 2 aliphatic carbocycles. The van der Waals surface area contributed by atoms with E-state index in [1.54, 1.807) is 0 Å². The average Bonchev–Trinajstić information content (AvgIpc) is 0.929. The summed E-state index contributed by atoms with van der Waals surface area (Å²) in [5.41, 5.74) is 132. The van der Waals surface area contributed by atoms with E-state index in [4.69, 9.17) is 209 Å². The Balaban J connectivity index is -0.000000276. The summed E-state index contributed by atoms with van der Waals surface area (Å²) in [5.74, 6) is 2.89. The van der Waals surface area contributed by atoms with Gasteiger partial charge in [0, 0.05) is 88.6 Å². The first-order valence-electron chi connectivity index (χ1n) is 50.6. The summed E-state index contributed by atoms with van der Waals surface area (Å²) < 4.78 is 83.6. The molecule has 2 rings (SSSR count). The van der Waals surface area contributed by atoms with Gasteiger partial charge in [-0.2, -0.15) is 0 Å². The summed E-state index contributed by atoms with van der Waals surface area (Å²) in [7, 11) is 0. The Hall–Kier alpha value is -1.56. The quantitative estimate of drug-likeness (QED) is 0.0365. The number of ether oxygens (including phenoxy) is 15. The largest absolute Gasteiger partial charge is 0.377 e. The molecule has 48 N–H and O–H groups in total. The number of hydrogen-bond donors (Lipinski definition) is 24. The summed E-state index contributed by atoms with van der Waals surface area (Å²) in [5, 5.41) is 0. The number of hydrogen-bond acceptors (Lipinski definition) is 39. The van der Waals surface area contributed by atoms with E-state index in [1.807, 2.05) is 27.7 Å². The molecule has 132 heavy (non-hydrogen) atoms. The van der Waals surface area contributed by atoms with Crippen LogP contribution in [0.4, 0.5) is 0 Å². The minimum absolute atomic E-state index is 0.0295. The van der Waals surface area contributed by atoms with Gasteiger partial charge in [0.2, 0.25) is 0 Å². The van der Waals surface area contributed by atoms with Crippen LogP contribution in [0.15, 0.2) is 0 Å². The van der Waals surface area contributed by atoms with Crippen LogP contribution in [0.1, 0.15) is 222 Å². The van der Waals surface area contributed by atoms with Gasteiger partial charge >= 0.3 is 0 Å². The Morgan fingerprint density at radius 2 is 0.500 bits per heavy atom. The van der Waals surface area contributed by atoms with E-state index in [0.717, 1.165) is 109 Å². The molecular formula is C93H224N24O15. The predicted molar refractivity (Wildman–Crippen MR) is 548 cm³/mol. The monoisotopic (exact) mass is 1920 g/mol. The lowest BCUT2D eigenvalue weighted by molar-refractivity contribution is -0.0976. The van der Waals surface area contributed by atoms with Crippen LogP contribution in [-0.4, -0.2) is 349 Å². The van der Waals surface area contributed by atoms with Gasteiger partial charge in [-0.1, -0.05) is 105 Å². The topological polar surface area (TPSA) is 763 Å². The van der Waals surface area contributed by atoms with E-state index in [2.05, 4.69) is 27.7 Å². The third kappa shape index (κ3) is 121. The second-order valence-electron chi connectivity index (χ2n) is 35.8. The lowest BCUT2D eigenvalue weighted by Crippen LogP contribution is -2.36. The lowest BCUT2D eigenvalue weighted by Gasteiger charge is -2.26. The first-order chi connectivity index (χ1) is 63.6. The Kier molecular flexibility index (Phi) is 126. The molecule has 0 aromatic carbocycles. The summed E-state index contributed by atoms with van der Waals surface area (Å²) in [6, 6.07) is 0.596. The van der Waals surface area contributed by atoms with E-state index in [0.29, 0.717) is 235 Å². The first-order valence-corrected chi connectivity index (χ1v) is 50.6. The van der Waals surface area contributed by atoms with Crippen molar-refractivity contribution < 1.29 is 71.1 Å². The zero-order valence-electron chi connectivity index (χ0n) is 85.8. The van der Waals surface area contributed by atoms with Crippen molar-refractivity contribution in [1.29, 1.82) is 0 Å². The molecule has 0 aromatic rings. The summed E-state index contributed by atoms with van der Waals surface area (Å²) in [6.45, 7) is 38.4. The molecule has 806 valence electrons. The smallest absolute Gasteiger partial charge is 0.104 e. The SMILES string of the molecule is CC(CCN)CC(C)(C)CN.CC(CN)CCCN.CC(N)COCC(COCC(COCC(C)N)OCC(C)N)OCC(C)N.NC1CCCC(N)C1.NCC1CCCC(CN)C1.NCCCCCCCCCCCCN.NCCCCCCN.NCCOCC(COCC(COCCN)OCCN)OCCN.NCCOCC(COCC(COCCN)OCCN)OCCN. The highest BCUT2D eigenvalue weighted by Gasteiger charge is 2.23. The molecule has 0 heterocycles. The number of unbranched alkanes of at least 4 members (excludes halogenated alkanes) is 12. The van der Waals surface area contributed by atoms with E-state index in [9.17, 15) is 0 Å². The fourth-order valence-electron chi connectivity index (χ4n) is 12.8. The summed E-state index contributed by atoms with van der Waals surface area (Å²) in [4.78, 5) is 0. The van der Waals surface area contributed by atoms with Crippen LogP contribution in [0.2, 0.25) is 0 Å². The highest BCUT2D eigenvalue weighted by Crippen LogP contribution is 2.28. The molecule has 0 amide bonds. The van der Waals surface area contributed by atoms with Crippen molar-refractivity contribution in [1.82, 2.24) is 0 Å². The van der Waals surface area contributed by atoms with Gasteiger partial charge in [0.25, 0.3) is 0 Å². The van der Waals surface area contributed by atoms with Crippen LogP contribution in [0.3, 0.4) is 0 Å². The second-order valence-corrected chi connectivity index (χ2v) is 35.8. The van der Waals surface area contributed by atoms with Crippen molar-refractivity contribution in [3.8, 4) is 0 Å². The maximum absolute atomic E-state index is 5.78. The highest BCUT2D eigenvalue weighted by atomic mass is 16.6. The van der Waals surface area contributed by atoms with E-state index >= 15 is 0 Å². The molecule has 0 aromatic heterocycles. The van der Waals surface area contributed by atoms with E-state index < -0.39 is 0 Å². The zero-order chi connectivity index (χ0) is 100. The van der Waals surface area contributed by atoms with Gasteiger partial charge in [0.15, 0.2) is 0 Å². The molecule has 0 bridgehead atoms. The van der Waals surface area contributed by atoms with Crippen LogP contribution >= 0.6 is 0 Å². The van der Waals surface area contributed by atoms with Crippen molar-refractivity contribution in [2.45, 2.75) is 295 Å². The van der Waals surface area contributed by atoms with Crippen molar-refractivity contribution in [3.63, 3.8) is 0 Å². The van der Waals surface area contributed by atoms with Crippen molar-refractivity contribution >= 4 is 0 Å². The molecule has 2 saturated carbocycles. The fraction of sp³-hybridized carbons (Fsp3) is 1.00. The first kappa shape index (κ1) is 143. The van der Waals surface area contributed by atoms with Crippen LogP contribution < -0.4 is 138 Å². The van der Waals surface area contributed by atoms with Gasteiger partial charge in [-0.05, 0) is 212 Å². The molecule has 2 aliphatic rings. The van der Waals surface area contributed by atoms with Gasteiger partial charge in [-0.15, -0.1) is 0 Å². The van der Waals surface area contributed by atoms with Gasteiger partial charge in [-0.25, -0.2) is 0 Å². The van der Waals surface area contributed by atoms with Gasteiger partial charge < -0.3 is 209 Å². The van der Waals surface area contributed by atoms with Gasteiger partial charge in [-0.3, -0.25) is 0 Å². The summed E-state index contributed by atoms with van der Waals surface area (Å²) in [6.07, 6.45) is 31.4. The average molecular weight is 1920 g/mol. The lowest BCUT2D eigenvalue weighted by atomic mass is 9.81. The molecule has 0 aliphatic heterocycles. The molecule has 16 unspecified atom stereocenters. The molecule has 16 atom stereocenters. The van der Waals surface area contributed by atoms with Gasteiger partial charge in [0.05, 0.1) is 159 Å². The summed E-state index contributed by atoms with van der Waals surface area (Å²) >= 11 is 0. The van der Waals surface area contributed by atoms with Crippen LogP contribution in [0.25, 0.3) is 0 Å². The normalized spacial score (nSPS) is 17.5. The third-order valence-electron chi connectivity index (χ3n) is 20.1. The van der Waals surface area contributed by atoms with Crippen LogP contribution in [0, 0.1) is 29.1 Å². The Labute approximate surface area is 805 Å². The molecule has 2 fully saturated rings. The van der Waals surface area contributed by atoms with Crippen LogP contribution in [0.5, 0.6) is 0 Å². The van der Waals surface area contributed by atoms with E-state index in [1.165, 1.54) is 135 Å². The van der Waals surface area contributed by atoms with Crippen LogP contribution in [-0.2, 0) is 71.1 Å².